The number of aliphatic hydroxyl groups excluding tert-OH is 2. The molecule has 4 N–H and O–H groups in total. The molecular formula is C17H18FN3O6. The third-order valence-corrected chi connectivity index (χ3v) is 4.34. The summed E-state index contributed by atoms with van der Waals surface area (Å²) in [5, 5.41) is 22.8. The fourth-order valence-electron chi connectivity index (χ4n) is 2.84. The van der Waals surface area contributed by atoms with Crippen LogP contribution in [0, 0.1) is 12.7 Å². The molecule has 10 heteroatoms. The molecule has 2 unspecified atom stereocenters. The number of carbonyl (C=O) groups is 1. The fraction of sp³-hybridized carbons (Fsp3) is 0.353. The molecule has 9 nitrogen and oxygen atoms in total. The smallest absolute Gasteiger partial charge is 0.330 e. The van der Waals surface area contributed by atoms with E-state index in [0.717, 1.165) is 10.6 Å². The predicted octanol–water partition coefficient (Wildman–Crippen LogP) is -0.967. The molecule has 1 fully saturated rings. The van der Waals surface area contributed by atoms with Gasteiger partial charge in [0.1, 0.15) is 24.1 Å². The minimum atomic E-state index is -1.47. The first kappa shape index (κ1) is 19.0. The van der Waals surface area contributed by atoms with E-state index in [9.17, 15) is 29.0 Å². The lowest BCUT2D eigenvalue weighted by molar-refractivity contribution is -0.0388. The Morgan fingerprint density at radius 1 is 1.30 bits per heavy atom. The Hall–Kier alpha value is -2.82. The normalized spacial score (nSPS) is 24.7. The number of carbonyl (C=O) groups excluding carboxylic acids is 1. The highest BCUT2D eigenvalue weighted by Gasteiger charge is 2.44. The molecule has 2 heterocycles. The van der Waals surface area contributed by atoms with Crippen LogP contribution in [0.15, 0.2) is 40.1 Å². The van der Waals surface area contributed by atoms with Gasteiger partial charge in [-0.1, -0.05) is 12.1 Å². The largest absolute Gasteiger partial charge is 0.387 e. The molecule has 3 rings (SSSR count). The Morgan fingerprint density at radius 3 is 2.70 bits per heavy atom. The van der Waals surface area contributed by atoms with Gasteiger partial charge in [0.05, 0.1) is 5.56 Å². The van der Waals surface area contributed by atoms with E-state index in [-0.39, 0.29) is 17.7 Å². The number of ether oxygens (including phenoxy) is 1. The molecule has 1 aromatic carbocycles. The summed E-state index contributed by atoms with van der Waals surface area (Å²) in [5.41, 5.74) is -1.33. The maximum atomic E-state index is 13.6. The monoisotopic (exact) mass is 379 g/mol. The van der Waals surface area contributed by atoms with Gasteiger partial charge in [-0.3, -0.25) is 19.1 Å². The highest BCUT2D eigenvalue weighted by molar-refractivity contribution is 5.94. The topological polar surface area (TPSA) is 134 Å². The number of aliphatic hydroxyl groups is 2. The Bertz CT molecular complexity index is 972. The molecular weight excluding hydrogens is 361 g/mol. The van der Waals surface area contributed by atoms with Crippen molar-refractivity contribution in [3.05, 3.63) is 68.2 Å². The average Bonchev–Trinajstić information content (AvgIpc) is 2.91. The number of nitrogens with zero attached hydrogens (tertiary/aromatic N) is 1. The number of aromatic amines is 1. The van der Waals surface area contributed by atoms with E-state index in [1.807, 2.05) is 0 Å². The Kier molecular flexibility index (Phi) is 5.22. The van der Waals surface area contributed by atoms with Gasteiger partial charge in [-0.25, -0.2) is 9.18 Å². The van der Waals surface area contributed by atoms with Crippen LogP contribution in [0.25, 0.3) is 0 Å². The third kappa shape index (κ3) is 3.68. The summed E-state index contributed by atoms with van der Waals surface area (Å²) in [6, 6.07) is 5.39. The zero-order chi connectivity index (χ0) is 19.7. The Morgan fingerprint density at radius 2 is 2.00 bits per heavy atom. The number of hydrogen-bond donors (Lipinski definition) is 4. The average molecular weight is 379 g/mol. The minimum Gasteiger partial charge on any atom is -0.387 e. The fourth-order valence-corrected chi connectivity index (χ4v) is 2.84. The number of halogens is 1. The molecule has 0 saturated carbocycles. The first-order chi connectivity index (χ1) is 12.8. The molecule has 2 aromatic rings. The van der Waals surface area contributed by atoms with Gasteiger partial charge < -0.3 is 20.3 Å². The molecule has 0 bridgehead atoms. The molecule has 144 valence electrons. The molecule has 1 aliphatic heterocycles. The van der Waals surface area contributed by atoms with Crippen molar-refractivity contribution in [2.45, 2.75) is 31.5 Å². The highest BCUT2D eigenvalue weighted by atomic mass is 19.1. The number of benzene rings is 1. The summed E-state index contributed by atoms with van der Waals surface area (Å²) in [7, 11) is 0. The van der Waals surface area contributed by atoms with Crippen LogP contribution in [0.2, 0.25) is 0 Å². The number of nitrogens with one attached hydrogen (secondary N) is 2. The quantitative estimate of drug-likeness (QED) is 0.540. The summed E-state index contributed by atoms with van der Waals surface area (Å²) >= 11 is 0. The van der Waals surface area contributed by atoms with Crippen LogP contribution in [0.5, 0.6) is 0 Å². The number of amides is 1. The number of hydrogen-bond acceptors (Lipinski definition) is 6. The molecule has 1 amide bonds. The van der Waals surface area contributed by atoms with Gasteiger partial charge in [0.15, 0.2) is 6.23 Å². The second-order valence-corrected chi connectivity index (χ2v) is 6.21. The van der Waals surface area contributed by atoms with Crippen molar-refractivity contribution >= 4 is 5.91 Å². The standard InChI is InChI=1S/C17H18FN3O6/c1-8-7-21(17(26)20-14(8)24)16-13(23)12(22)11(27-16)6-19-15(25)9-4-2-3-5-10(9)18/h2-5,7,11-13,16,22-23H,6H2,1H3,(H,19,25)(H,20,24,26)/t11-,12?,13?,16-/m1/s1. The van der Waals surface area contributed by atoms with Crippen LogP contribution in [0.4, 0.5) is 4.39 Å². The van der Waals surface area contributed by atoms with Gasteiger partial charge in [0.2, 0.25) is 0 Å². The second kappa shape index (κ2) is 7.43. The van der Waals surface area contributed by atoms with Crippen molar-refractivity contribution < 1.29 is 24.1 Å². The first-order valence-electron chi connectivity index (χ1n) is 8.16. The second-order valence-electron chi connectivity index (χ2n) is 6.21. The van der Waals surface area contributed by atoms with Crippen molar-refractivity contribution in [1.29, 1.82) is 0 Å². The van der Waals surface area contributed by atoms with Crippen LogP contribution in [0.3, 0.4) is 0 Å². The van der Waals surface area contributed by atoms with Crippen LogP contribution >= 0.6 is 0 Å². The van der Waals surface area contributed by atoms with E-state index in [0.29, 0.717) is 0 Å². The summed E-state index contributed by atoms with van der Waals surface area (Å²) in [6.07, 6.45) is -3.96. The van der Waals surface area contributed by atoms with Crippen LogP contribution in [-0.4, -0.2) is 50.5 Å². The van der Waals surface area contributed by atoms with Crippen molar-refractivity contribution in [3.8, 4) is 0 Å². The molecule has 1 aromatic heterocycles. The van der Waals surface area contributed by atoms with E-state index in [4.69, 9.17) is 4.74 Å². The van der Waals surface area contributed by atoms with E-state index in [2.05, 4.69) is 10.3 Å². The van der Waals surface area contributed by atoms with Crippen molar-refractivity contribution in [3.63, 3.8) is 0 Å². The maximum Gasteiger partial charge on any atom is 0.330 e. The minimum absolute atomic E-state index is 0.172. The first-order valence-corrected chi connectivity index (χ1v) is 8.16. The molecule has 4 atom stereocenters. The van der Waals surface area contributed by atoms with Gasteiger partial charge >= 0.3 is 5.69 Å². The van der Waals surface area contributed by atoms with Gasteiger partial charge in [-0.2, -0.15) is 0 Å². The van der Waals surface area contributed by atoms with Gasteiger partial charge in [0, 0.05) is 18.3 Å². The van der Waals surface area contributed by atoms with Crippen molar-refractivity contribution in [1.82, 2.24) is 14.9 Å². The lowest BCUT2D eigenvalue weighted by Gasteiger charge is -2.17. The molecule has 0 spiro atoms. The van der Waals surface area contributed by atoms with Gasteiger partial charge in [0.25, 0.3) is 11.5 Å². The van der Waals surface area contributed by atoms with Crippen molar-refractivity contribution in [2.75, 3.05) is 6.54 Å². The number of rotatable bonds is 4. The van der Waals surface area contributed by atoms with E-state index >= 15 is 0 Å². The Balaban J connectivity index is 1.73. The SMILES string of the molecule is Cc1cn([C@@H]2O[C@H](CNC(=O)c3ccccc3F)C(O)C2O)c(=O)[nH]c1=O. The number of aryl methyl sites for hydroxylation is 1. The lowest BCUT2D eigenvalue weighted by Crippen LogP contribution is -2.40. The van der Waals surface area contributed by atoms with Crippen LogP contribution in [-0.2, 0) is 4.74 Å². The predicted molar refractivity (Wildman–Crippen MR) is 90.7 cm³/mol. The highest BCUT2D eigenvalue weighted by Crippen LogP contribution is 2.28. The summed E-state index contributed by atoms with van der Waals surface area (Å²) < 4.78 is 20.1. The van der Waals surface area contributed by atoms with E-state index < -0.39 is 47.5 Å². The van der Waals surface area contributed by atoms with Crippen LogP contribution in [0.1, 0.15) is 22.1 Å². The lowest BCUT2D eigenvalue weighted by atomic mass is 10.1. The van der Waals surface area contributed by atoms with Crippen LogP contribution < -0.4 is 16.6 Å². The maximum absolute atomic E-state index is 13.6. The van der Waals surface area contributed by atoms with E-state index in [1.54, 1.807) is 0 Å². The number of aromatic nitrogens is 2. The molecule has 1 saturated heterocycles. The zero-order valence-electron chi connectivity index (χ0n) is 14.3. The number of H-pyrrole nitrogens is 1. The molecule has 0 radical (unpaired) electrons. The third-order valence-electron chi connectivity index (χ3n) is 4.34. The molecule has 1 aliphatic rings. The van der Waals surface area contributed by atoms with Gasteiger partial charge in [-0.05, 0) is 19.1 Å². The van der Waals surface area contributed by atoms with Gasteiger partial charge in [-0.15, -0.1) is 0 Å². The Labute approximate surface area is 152 Å². The van der Waals surface area contributed by atoms with E-state index in [1.165, 1.54) is 31.3 Å². The summed E-state index contributed by atoms with van der Waals surface area (Å²) in [5.74, 6) is -1.41. The molecule has 0 aliphatic carbocycles. The van der Waals surface area contributed by atoms with Crippen molar-refractivity contribution in [2.24, 2.45) is 0 Å². The summed E-state index contributed by atoms with van der Waals surface area (Å²) in [4.78, 5) is 37.5. The molecule has 27 heavy (non-hydrogen) atoms. The zero-order valence-corrected chi connectivity index (χ0v) is 14.3. The summed E-state index contributed by atoms with van der Waals surface area (Å²) in [6.45, 7) is 1.25.